The smallest absolute Gasteiger partial charge is 0.273 e. The van der Waals surface area contributed by atoms with Gasteiger partial charge in [-0.15, -0.1) is 0 Å². The van der Waals surface area contributed by atoms with Crippen LogP contribution in [0.3, 0.4) is 0 Å². The van der Waals surface area contributed by atoms with Crippen molar-refractivity contribution in [2.24, 2.45) is 0 Å². The van der Waals surface area contributed by atoms with E-state index in [1.54, 1.807) is 42.5 Å². The molecule has 1 aliphatic rings. The predicted molar refractivity (Wildman–Crippen MR) is 110 cm³/mol. The maximum absolute atomic E-state index is 13.0. The van der Waals surface area contributed by atoms with Crippen molar-refractivity contribution in [3.8, 4) is 11.5 Å². The highest BCUT2D eigenvalue weighted by atomic mass is 16.7. The number of ether oxygens (including phenoxy) is 2. The van der Waals surface area contributed by atoms with Crippen LogP contribution in [0.2, 0.25) is 0 Å². The third kappa shape index (κ3) is 3.95. The Hall–Kier alpha value is -3.88. The Kier molecular flexibility index (Phi) is 5.34. The minimum atomic E-state index is -0.390. The third-order valence-corrected chi connectivity index (χ3v) is 4.75. The van der Waals surface area contributed by atoms with Crippen molar-refractivity contribution in [1.29, 1.82) is 0 Å². The number of nitrogens with zero attached hydrogens (tertiary/aromatic N) is 2. The molecule has 1 aliphatic heterocycles. The summed E-state index contributed by atoms with van der Waals surface area (Å²) in [5.74, 6) is 0.613. The summed E-state index contributed by atoms with van der Waals surface area (Å²) in [6.07, 6.45) is 0.327. The van der Waals surface area contributed by atoms with Crippen LogP contribution in [0.1, 0.15) is 12.1 Å². The lowest BCUT2D eigenvalue weighted by Gasteiger charge is -2.13. The van der Waals surface area contributed by atoms with E-state index in [9.17, 15) is 14.4 Å². The number of fused-ring (bicyclic) bond motifs is 2. The Morgan fingerprint density at radius 3 is 2.73 bits per heavy atom. The first-order valence-electron chi connectivity index (χ1n) is 9.43. The normalized spacial score (nSPS) is 12.0. The molecule has 1 aromatic heterocycles. The maximum atomic E-state index is 13.0. The van der Waals surface area contributed by atoms with Gasteiger partial charge in [0.15, 0.2) is 11.5 Å². The van der Waals surface area contributed by atoms with Gasteiger partial charge in [-0.2, -0.15) is 0 Å². The van der Waals surface area contributed by atoms with E-state index < -0.39 is 5.56 Å². The van der Waals surface area contributed by atoms with Crippen LogP contribution in [0.15, 0.2) is 47.3 Å². The lowest BCUT2D eigenvalue weighted by Crippen LogP contribution is -2.31. The Labute approximate surface area is 171 Å². The molecule has 0 saturated heterocycles. The number of amides is 2. The summed E-state index contributed by atoms with van der Waals surface area (Å²) in [6, 6.07) is 12.2. The first kappa shape index (κ1) is 19.4. The minimum absolute atomic E-state index is 0.139. The molecule has 2 heterocycles. The van der Waals surface area contributed by atoms with Crippen LogP contribution in [0.5, 0.6) is 11.5 Å². The summed E-state index contributed by atoms with van der Waals surface area (Å²) in [7, 11) is 1.54. The predicted octanol–water partition coefficient (Wildman–Crippen LogP) is 1.44. The number of benzene rings is 2. The van der Waals surface area contributed by atoms with Crippen molar-refractivity contribution in [3.05, 3.63) is 58.5 Å². The zero-order valence-corrected chi connectivity index (χ0v) is 16.3. The maximum Gasteiger partial charge on any atom is 0.273 e. The fourth-order valence-corrected chi connectivity index (χ4v) is 3.24. The molecule has 0 radical (unpaired) electrons. The third-order valence-electron chi connectivity index (χ3n) is 4.75. The number of hydrogen-bond donors (Lipinski definition) is 2. The second-order valence-electron chi connectivity index (χ2n) is 6.73. The topological polar surface area (TPSA) is 112 Å². The monoisotopic (exact) mass is 408 g/mol. The molecule has 0 atom stereocenters. The number of aromatic nitrogens is 2. The summed E-state index contributed by atoms with van der Waals surface area (Å²) >= 11 is 0. The Bertz CT molecular complexity index is 1190. The van der Waals surface area contributed by atoms with E-state index >= 15 is 0 Å². The van der Waals surface area contributed by atoms with Gasteiger partial charge in [0.25, 0.3) is 5.56 Å². The van der Waals surface area contributed by atoms with Crippen molar-refractivity contribution in [3.63, 3.8) is 0 Å². The van der Waals surface area contributed by atoms with Gasteiger partial charge in [0.05, 0.1) is 11.0 Å². The van der Waals surface area contributed by atoms with Crippen LogP contribution in [0.25, 0.3) is 11.0 Å². The second kappa shape index (κ2) is 8.24. The standard InChI is InChI=1S/C21H20N4O5/c1-22-19(26)9-7-15-21(28)25(16-5-3-2-4-14(16)24-15)11-20(27)23-13-6-8-17-18(10-13)30-12-29-17/h2-6,8,10H,7,9,11-12H2,1H3,(H,22,26)(H,23,27). The van der Waals surface area contributed by atoms with E-state index in [1.807, 2.05) is 0 Å². The van der Waals surface area contributed by atoms with Crippen LogP contribution >= 0.6 is 0 Å². The lowest BCUT2D eigenvalue weighted by molar-refractivity contribution is -0.120. The first-order chi connectivity index (χ1) is 14.5. The fraction of sp³-hybridized carbons (Fsp3) is 0.238. The zero-order chi connectivity index (χ0) is 21.1. The minimum Gasteiger partial charge on any atom is -0.454 e. The van der Waals surface area contributed by atoms with Crippen molar-refractivity contribution >= 4 is 28.5 Å². The molecule has 3 aromatic rings. The SMILES string of the molecule is CNC(=O)CCc1nc2ccccc2n(CC(=O)Nc2ccc3c(c2)OCO3)c1=O. The molecule has 0 spiro atoms. The van der Waals surface area contributed by atoms with Gasteiger partial charge < -0.3 is 20.1 Å². The highest BCUT2D eigenvalue weighted by molar-refractivity contribution is 5.92. The van der Waals surface area contributed by atoms with Gasteiger partial charge in [-0.3, -0.25) is 19.0 Å². The molecule has 2 N–H and O–H groups in total. The van der Waals surface area contributed by atoms with Gasteiger partial charge >= 0.3 is 0 Å². The Balaban J connectivity index is 1.60. The number of aryl methyl sites for hydroxylation is 1. The number of nitrogens with one attached hydrogen (secondary N) is 2. The summed E-state index contributed by atoms with van der Waals surface area (Å²) in [4.78, 5) is 41.6. The molecule has 154 valence electrons. The van der Waals surface area contributed by atoms with Crippen LogP contribution < -0.4 is 25.7 Å². The lowest BCUT2D eigenvalue weighted by atomic mass is 10.2. The molecule has 30 heavy (non-hydrogen) atoms. The Morgan fingerprint density at radius 2 is 1.90 bits per heavy atom. The number of anilines is 1. The Morgan fingerprint density at radius 1 is 1.10 bits per heavy atom. The zero-order valence-electron chi connectivity index (χ0n) is 16.3. The van der Waals surface area contributed by atoms with Crippen molar-refractivity contribution in [1.82, 2.24) is 14.9 Å². The largest absolute Gasteiger partial charge is 0.454 e. The molecule has 0 unspecified atom stereocenters. The summed E-state index contributed by atoms with van der Waals surface area (Å²) in [5.41, 5.74) is 1.52. The quantitative estimate of drug-likeness (QED) is 0.639. The van der Waals surface area contributed by atoms with Crippen LogP contribution in [0.4, 0.5) is 5.69 Å². The van der Waals surface area contributed by atoms with Gasteiger partial charge in [0.1, 0.15) is 12.2 Å². The molecule has 2 amide bonds. The van der Waals surface area contributed by atoms with E-state index in [0.29, 0.717) is 28.2 Å². The van der Waals surface area contributed by atoms with E-state index in [1.165, 1.54) is 11.6 Å². The highest BCUT2D eigenvalue weighted by Crippen LogP contribution is 2.34. The van der Waals surface area contributed by atoms with Crippen LogP contribution in [0, 0.1) is 0 Å². The van der Waals surface area contributed by atoms with E-state index in [4.69, 9.17) is 9.47 Å². The first-order valence-corrected chi connectivity index (χ1v) is 9.43. The average Bonchev–Trinajstić information content (AvgIpc) is 3.22. The van der Waals surface area contributed by atoms with Crippen LogP contribution in [-0.4, -0.2) is 35.2 Å². The molecule has 0 bridgehead atoms. The van der Waals surface area contributed by atoms with Gasteiger partial charge in [-0.25, -0.2) is 4.98 Å². The molecular weight excluding hydrogens is 388 g/mol. The van der Waals surface area contributed by atoms with Crippen LogP contribution in [-0.2, 0) is 22.6 Å². The molecule has 0 fully saturated rings. The molecule has 9 nitrogen and oxygen atoms in total. The second-order valence-corrected chi connectivity index (χ2v) is 6.73. The summed E-state index contributed by atoms with van der Waals surface area (Å²) in [5, 5.41) is 5.30. The fourth-order valence-electron chi connectivity index (χ4n) is 3.24. The van der Waals surface area contributed by atoms with E-state index in [2.05, 4.69) is 15.6 Å². The van der Waals surface area contributed by atoms with Crippen molar-refractivity contribution in [2.45, 2.75) is 19.4 Å². The van der Waals surface area contributed by atoms with Crippen molar-refractivity contribution in [2.75, 3.05) is 19.2 Å². The van der Waals surface area contributed by atoms with E-state index in [0.717, 1.165) is 0 Å². The van der Waals surface area contributed by atoms with Gasteiger partial charge in [-0.05, 0) is 24.3 Å². The average molecular weight is 408 g/mol. The molecule has 2 aromatic carbocycles. The van der Waals surface area contributed by atoms with Gasteiger partial charge in [0, 0.05) is 31.6 Å². The molecular formula is C21H20N4O5. The number of para-hydroxylation sites is 2. The van der Waals surface area contributed by atoms with Gasteiger partial charge in [0.2, 0.25) is 18.6 Å². The van der Waals surface area contributed by atoms with E-state index in [-0.39, 0.29) is 43.7 Å². The number of hydrogen-bond acceptors (Lipinski definition) is 6. The van der Waals surface area contributed by atoms with Crippen molar-refractivity contribution < 1.29 is 19.1 Å². The summed E-state index contributed by atoms with van der Waals surface area (Å²) in [6.45, 7) is -0.0484. The molecule has 9 heteroatoms. The highest BCUT2D eigenvalue weighted by Gasteiger charge is 2.17. The molecule has 0 aliphatic carbocycles. The number of carbonyl (C=O) groups is 2. The molecule has 4 rings (SSSR count). The molecule has 0 saturated carbocycles. The number of rotatable bonds is 6. The number of carbonyl (C=O) groups excluding carboxylic acids is 2. The summed E-state index contributed by atoms with van der Waals surface area (Å²) < 4.78 is 12.0. The van der Waals surface area contributed by atoms with Gasteiger partial charge in [-0.1, -0.05) is 12.1 Å².